The van der Waals surface area contributed by atoms with Crippen molar-refractivity contribution in [1.29, 1.82) is 0 Å². The van der Waals surface area contributed by atoms with Crippen molar-refractivity contribution in [1.82, 2.24) is 10.2 Å². The molecule has 21 heavy (non-hydrogen) atoms. The van der Waals surface area contributed by atoms with Crippen LogP contribution in [0, 0.1) is 11.8 Å². The maximum atomic E-state index is 11.4. The van der Waals surface area contributed by atoms with Crippen molar-refractivity contribution < 1.29 is 9.53 Å². The van der Waals surface area contributed by atoms with Gasteiger partial charge in [-0.25, -0.2) is 0 Å². The van der Waals surface area contributed by atoms with Gasteiger partial charge in [0.15, 0.2) is 0 Å². The number of carbonyl (C=O) groups is 1. The Morgan fingerprint density at radius 2 is 2.10 bits per heavy atom. The van der Waals surface area contributed by atoms with E-state index >= 15 is 0 Å². The van der Waals surface area contributed by atoms with E-state index in [0.29, 0.717) is 18.4 Å². The third-order valence-corrected chi connectivity index (χ3v) is 5.06. The molecule has 2 fully saturated rings. The molecule has 0 spiro atoms. The predicted molar refractivity (Wildman–Crippen MR) is 85.2 cm³/mol. The molecule has 1 N–H and O–H groups in total. The Bertz CT molecular complexity index is 318. The van der Waals surface area contributed by atoms with Gasteiger partial charge in [0.2, 0.25) is 0 Å². The Balaban J connectivity index is 1.77. The van der Waals surface area contributed by atoms with Crippen LogP contribution in [0.5, 0.6) is 0 Å². The number of esters is 1. The number of ether oxygens (including phenoxy) is 1. The van der Waals surface area contributed by atoms with Crippen molar-refractivity contribution in [3.05, 3.63) is 0 Å². The van der Waals surface area contributed by atoms with Crippen molar-refractivity contribution in [3.63, 3.8) is 0 Å². The van der Waals surface area contributed by atoms with Gasteiger partial charge in [-0.05, 0) is 57.0 Å². The molecule has 0 radical (unpaired) electrons. The topological polar surface area (TPSA) is 41.6 Å². The molecule has 1 saturated heterocycles. The monoisotopic (exact) mass is 296 g/mol. The number of carbonyl (C=O) groups excluding carboxylic acids is 1. The lowest BCUT2D eigenvalue weighted by Gasteiger charge is -2.39. The summed E-state index contributed by atoms with van der Waals surface area (Å²) in [4.78, 5) is 13.9. The van der Waals surface area contributed by atoms with Gasteiger partial charge >= 0.3 is 5.97 Å². The van der Waals surface area contributed by atoms with E-state index in [2.05, 4.69) is 17.1 Å². The van der Waals surface area contributed by atoms with E-state index in [0.717, 1.165) is 18.9 Å². The number of nitrogens with one attached hydrogen (secondary N) is 1. The minimum absolute atomic E-state index is 0.0680. The van der Waals surface area contributed by atoms with Crippen LogP contribution >= 0.6 is 0 Å². The quantitative estimate of drug-likeness (QED) is 0.699. The van der Waals surface area contributed by atoms with Crippen molar-refractivity contribution in [3.8, 4) is 0 Å². The highest BCUT2D eigenvalue weighted by Gasteiger charge is 2.28. The Hall–Kier alpha value is -0.610. The lowest BCUT2D eigenvalue weighted by Crippen LogP contribution is -2.50. The SMILES string of the molecule is CCCN1CC(CCC(=O)OC)CC(NCC2CCC2)C1. The summed E-state index contributed by atoms with van der Waals surface area (Å²) in [5.41, 5.74) is 0. The average Bonchev–Trinajstić information content (AvgIpc) is 2.43. The van der Waals surface area contributed by atoms with Crippen LogP contribution in [0.4, 0.5) is 0 Å². The normalized spacial score (nSPS) is 27.3. The van der Waals surface area contributed by atoms with Crippen LogP contribution in [0.15, 0.2) is 0 Å². The fourth-order valence-electron chi connectivity index (χ4n) is 3.61. The summed E-state index contributed by atoms with van der Waals surface area (Å²) in [5.74, 6) is 1.48. The number of nitrogens with zero attached hydrogens (tertiary/aromatic N) is 1. The molecule has 0 aromatic rings. The van der Waals surface area contributed by atoms with Gasteiger partial charge in [-0.2, -0.15) is 0 Å². The van der Waals surface area contributed by atoms with Crippen LogP contribution in [0.1, 0.15) is 51.9 Å². The molecule has 4 heteroatoms. The third kappa shape index (κ3) is 5.59. The Labute approximate surface area is 129 Å². The van der Waals surface area contributed by atoms with Crippen LogP contribution in [0.25, 0.3) is 0 Å². The standard InChI is InChI=1S/C17H32N2O2/c1-3-9-19-12-15(7-8-17(20)21-2)10-16(13-19)18-11-14-5-4-6-14/h14-16,18H,3-13H2,1-2H3. The first-order valence-electron chi connectivity index (χ1n) is 8.73. The summed E-state index contributed by atoms with van der Waals surface area (Å²) in [6, 6.07) is 0.605. The van der Waals surface area contributed by atoms with E-state index in [9.17, 15) is 4.79 Å². The van der Waals surface area contributed by atoms with Gasteiger partial charge in [-0.1, -0.05) is 13.3 Å². The van der Waals surface area contributed by atoms with Crippen molar-refractivity contribution >= 4 is 5.97 Å². The van der Waals surface area contributed by atoms with Crippen LogP contribution in [0.2, 0.25) is 0 Å². The molecule has 2 aliphatic rings. The molecule has 0 amide bonds. The molecule has 0 aromatic heterocycles. The number of rotatable bonds is 8. The van der Waals surface area contributed by atoms with Gasteiger partial charge in [0.1, 0.15) is 0 Å². The van der Waals surface area contributed by atoms with E-state index in [1.165, 1.54) is 58.8 Å². The molecule has 1 aliphatic carbocycles. The lowest BCUT2D eigenvalue weighted by molar-refractivity contribution is -0.141. The van der Waals surface area contributed by atoms with Gasteiger partial charge in [-0.15, -0.1) is 0 Å². The zero-order valence-corrected chi connectivity index (χ0v) is 13.8. The molecule has 0 bridgehead atoms. The summed E-state index contributed by atoms with van der Waals surface area (Å²) >= 11 is 0. The Kier molecular flexibility index (Phi) is 6.97. The Morgan fingerprint density at radius 1 is 1.29 bits per heavy atom. The maximum absolute atomic E-state index is 11.4. The third-order valence-electron chi connectivity index (χ3n) is 5.06. The first-order valence-corrected chi connectivity index (χ1v) is 8.73. The first-order chi connectivity index (χ1) is 10.2. The maximum Gasteiger partial charge on any atom is 0.305 e. The zero-order chi connectivity index (χ0) is 15.1. The van der Waals surface area contributed by atoms with E-state index in [4.69, 9.17) is 4.74 Å². The minimum Gasteiger partial charge on any atom is -0.469 e. The van der Waals surface area contributed by atoms with E-state index in [1.54, 1.807) is 0 Å². The molecule has 2 rings (SSSR count). The van der Waals surface area contributed by atoms with Crippen LogP contribution < -0.4 is 5.32 Å². The summed E-state index contributed by atoms with van der Waals surface area (Å²) in [5, 5.41) is 3.79. The number of piperidine rings is 1. The smallest absolute Gasteiger partial charge is 0.305 e. The van der Waals surface area contributed by atoms with Crippen LogP contribution in [-0.2, 0) is 9.53 Å². The fraction of sp³-hybridized carbons (Fsp3) is 0.941. The molecule has 2 atom stereocenters. The zero-order valence-electron chi connectivity index (χ0n) is 13.8. The summed E-state index contributed by atoms with van der Waals surface area (Å²) < 4.78 is 4.78. The number of likely N-dealkylation sites (tertiary alicyclic amines) is 1. The molecular formula is C17H32N2O2. The minimum atomic E-state index is -0.0680. The first kappa shape index (κ1) is 16.8. The number of hydrogen-bond donors (Lipinski definition) is 1. The van der Waals surface area contributed by atoms with Crippen LogP contribution in [-0.4, -0.2) is 50.2 Å². The molecule has 1 heterocycles. The van der Waals surface area contributed by atoms with Gasteiger partial charge in [0.05, 0.1) is 7.11 Å². The highest BCUT2D eigenvalue weighted by atomic mass is 16.5. The molecule has 4 nitrogen and oxygen atoms in total. The summed E-state index contributed by atoms with van der Waals surface area (Å²) in [7, 11) is 1.48. The predicted octanol–water partition coefficient (Wildman–Crippen LogP) is 2.43. The second kappa shape index (κ2) is 8.74. The molecule has 122 valence electrons. The van der Waals surface area contributed by atoms with Gasteiger partial charge in [0.25, 0.3) is 0 Å². The second-order valence-corrected chi connectivity index (χ2v) is 6.88. The summed E-state index contributed by atoms with van der Waals surface area (Å²) in [6.45, 7) is 6.93. The largest absolute Gasteiger partial charge is 0.469 e. The van der Waals surface area contributed by atoms with Crippen LogP contribution in [0.3, 0.4) is 0 Å². The average molecular weight is 296 g/mol. The molecule has 2 unspecified atom stereocenters. The lowest BCUT2D eigenvalue weighted by atomic mass is 9.84. The van der Waals surface area contributed by atoms with Crippen molar-refractivity contribution in [2.24, 2.45) is 11.8 Å². The second-order valence-electron chi connectivity index (χ2n) is 6.88. The van der Waals surface area contributed by atoms with Crippen molar-refractivity contribution in [2.75, 3.05) is 33.3 Å². The van der Waals surface area contributed by atoms with Crippen molar-refractivity contribution in [2.45, 2.75) is 57.9 Å². The Morgan fingerprint density at radius 3 is 2.71 bits per heavy atom. The highest BCUT2D eigenvalue weighted by Crippen LogP contribution is 2.27. The van der Waals surface area contributed by atoms with E-state index in [-0.39, 0.29) is 5.97 Å². The van der Waals surface area contributed by atoms with Gasteiger partial charge < -0.3 is 15.0 Å². The number of hydrogen-bond acceptors (Lipinski definition) is 4. The molecule has 1 saturated carbocycles. The molecule has 0 aromatic carbocycles. The fourth-order valence-corrected chi connectivity index (χ4v) is 3.61. The summed E-state index contributed by atoms with van der Waals surface area (Å²) in [6.07, 6.45) is 8.18. The van der Waals surface area contributed by atoms with E-state index < -0.39 is 0 Å². The molecular weight excluding hydrogens is 264 g/mol. The highest BCUT2D eigenvalue weighted by molar-refractivity contribution is 5.69. The van der Waals surface area contributed by atoms with E-state index in [1.807, 2.05) is 0 Å². The molecule has 1 aliphatic heterocycles. The van der Waals surface area contributed by atoms with Gasteiger partial charge in [0, 0.05) is 25.6 Å². The van der Waals surface area contributed by atoms with Gasteiger partial charge in [-0.3, -0.25) is 4.79 Å². The number of methoxy groups -OCH3 is 1.